The van der Waals surface area contributed by atoms with E-state index in [1.165, 1.54) is 0 Å². The predicted octanol–water partition coefficient (Wildman–Crippen LogP) is 1.87. The van der Waals surface area contributed by atoms with E-state index >= 15 is 0 Å². The largest absolute Gasteiger partial charge is 0.507 e. The van der Waals surface area contributed by atoms with Crippen molar-refractivity contribution in [2.45, 2.75) is 26.3 Å². The lowest BCUT2D eigenvalue weighted by Gasteiger charge is -2.45. The third kappa shape index (κ3) is 2.73. The zero-order chi connectivity index (χ0) is 14.2. The summed E-state index contributed by atoms with van der Waals surface area (Å²) in [6, 6.07) is 5.20. The monoisotopic (exact) mass is 262 g/mol. The Hall–Kier alpha value is -1.55. The van der Waals surface area contributed by atoms with E-state index in [9.17, 15) is 9.90 Å². The molecule has 1 aliphatic heterocycles. The van der Waals surface area contributed by atoms with Gasteiger partial charge in [-0.2, -0.15) is 0 Å². The Bertz CT molecular complexity index is 497. The number of rotatable bonds is 1. The molecule has 4 nitrogen and oxygen atoms in total. The zero-order valence-corrected chi connectivity index (χ0v) is 12.1. The van der Waals surface area contributed by atoms with Crippen molar-refractivity contribution in [2.75, 3.05) is 26.7 Å². The first-order valence-electron chi connectivity index (χ1n) is 6.61. The van der Waals surface area contributed by atoms with Gasteiger partial charge >= 0.3 is 0 Å². The van der Waals surface area contributed by atoms with Gasteiger partial charge in [0.05, 0.1) is 5.56 Å². The van der Waals surface area contributed by atoms with E-state index in [1.807, 2.05) is 17.9 Å². The summed E-state index contributed by atoms with van der Waals surface area (Å²) in [6.07, 6.45) is 0. The topological polar surface area (TPSA) is 43.8 Å². The van der Waals surface area contributed by atoms with Gasteiger partial charge in [-0.25, -0.2) is 0 Å². The molecule has 2 rings (SSSR count). The molecular weight excluding hydrogens is 240 g/mol. The molecule has 1 heterocycles. The highest BCUT2D eigenvalue weighted by molar-refractivity contribution is 5.97. The van der Waals surface area contributed by atoms with Gasteiger partial charge in [0.2, 0.25) is 0 Å². The second kappa shape index (κ2) is 4.85. The number of nitrogens with zero attached hydrogens (tertiary/aromatic N) is 2. The number of aromatic hydroxyl groups is 1. The van der Waals surface area contributed by atoms with Crippen LogP contribution in [-0.4, -0.2) is 53.0 Å². The molecule has 0 atom stereocenters. The van der Waals surface area contributed by atoms with Gasteiger partial charge in [-0.15, -0.1) is 0 Å². The van der Waals surface area contributed by atoms with Crippen molar-refractivity contribution in [1.82, 2.24) is 9.80 Å². The Kier molecular flexibility index (Phi) is 3.54. The molecule has 1 aliphatic rings. The fraction of sp³-hybridized carbons (Fsp3) is 0.533. The minimum absolute atomic E-state index is 0.0335. The number of benzene rings is 1. The second-order valence-electron chi connectivity index (χ2n) is 5.98. The molecule has 0 aromatic heterocycles. The van der Waals surface area contributed by atoms with Crippen LogP contribution in [0, 0.1) is 6.92 Å². The highest BCUT2D eigenvalue weighted by Crippen LogP contribution is 2.24. The molecule has 1 saturated heterocycles. The van der Waals surface area contributed by atoms with Gasteiger partial charge in [-0.3, -0.25) is 9.69 Å². The van der Waals surface area contributed by atoms with Gasteiger partial charge in [0.25, 0.3) is 5.91 Å². The smallest absolute Gasteiger partial charge is 0.257 e. The van der Waals surface area contributed by atoms with Gasteiger partial charge in [0.15, 0.2) is 0 Å². The SMILES string of the molecule is Cc1ccc(C(=O)N2CCN(C)C(C)(C)C2)c(O)c1. The van der Waals surface area contributed by atoms with Crippen LogP contribution in [0.15, 0.2) is 18.2 Å². The summed E-state index contributed by atoms with van der Waals surface area (Å²) in [7, 11) is 2.07. The number of piperazine rings is 1. The average molecular weight is 262 g/mol. The predicted molar refractivity (Wildman–Crippen MR) is 75.5 cm³/mol. The fourth-order valence-corrected chi connectivity index (χ4v) is 2.41. The van der Waals surface area contributed by atoms with Crippen LogP contribution < -0.4 is 0 Å². The van der Waals surface area contributed by atoms with Crippen LogP contribution in [-0.2, 0) is 0 Å². The molecule has 1 fully saturated rings. The molecule has 0 spiro atoms. The molecule has 19 heavy (non-hydrogen) atoms. The van der Waals surface area contributed by atoms with Gasteiger partial charge in [-0.1, -0.05) is 6.07 Å². The number of aryl methyl sites for hydroxylation is 1. The van der Waals surface area contributed by atoms with Crippen molar-refractivity contribution < 1.29 is 9.90 Å². The first-order valence-corrected chi connectivity index (χ1v) is 6.61. The van der Waals surface area contributed by atoms with Crippen LogP contribution in [0.1, 0.15) is 29.8 Å². The van der Waals surface area contributed by atoms with Crippen LogP contribution in [0.25, 0.3) is 0 Å². The van der Waals surface area contributed by atoms with E-state index in [0.29, 0.717) is 18.7 Å². The van der Waals surface area contributed by atoms with E-state index < -0.39 is 0 Å². The number of phenols is 1. The van der Waals surface area contributed by atoms with Gasteiger partial charge < -0.3 is 10.0 Å². The Morgan fingerprint density at radius 1 is 1.32 bits per heavy atom. The van der Waals surface area contributed by atoms with Crippen molar-refractivity contribution in [3.63, 3.8) is 0 Å². The third-order valence-corrected chi connectivity index (χ3v) is 3.99. The summed E-state index contributed by atoms with van der Waals surface area (Å²) < 4.78 is 0. The minimum Gasteiger partial charge on any atom is -0.507 e. The molecule has 1 aromatic carbocycles. The summed E-state index contributed by atoms with van der Waals surface area (Å²) in [4.78, 5) is 16.6. The lowest BCUT2D eigenvalue weighted by atomic mass is 9.99. The van der Waals surface area contributed by atoms with Crippen molar-refractivity contribution in [3.05, 3.63) is 29.3 Å². The van der Waals surface area contributed by atoms with Crippen molar-refractivity contribution in [3.8, 4) is 5.75 Å². The summed E-state index contributed by atoms with van der Waals surface area (Å²) in [5, 5.41) is 9.92. The Labute approximate surface area is 114 Å². The van der Waals surface area contributed by atoms with Crippen molar-refractivity contribution in [1.29, 1.82) is 0 Å². The van der Waals surface area contributed by atoms with Crippen molar-refractivity contribution >= 4 is 5.91 Å². The summed E-state index contributed by atoms with van der Waals surface area (Å²) >= 11 is 0. The first-order chi connectivity index (χ1) is 8.81. The highest BCUT2D eigenvalue weighted by atomic mass is 16.3. The maximum absolute atomic E-state index is 12.5. The van der Waals surface area contributed by atoms with E-state index in [0.717, 1.165) is 12.1 Å². The molecule has 104 valence electrons. The van der Waals surface area contributed by atoms with Crippen LogP contribution in [0.4, 0.5) is 0 Å². The molecule has 1 aromatic rings. The molecular formula is C15H22N2O2. The van der Waals surface area contributed by atoms with E-state index in [-0.39, 0.29) is 17.2 Å². The van der Waals surface area contributed by atoms with E-state index in [1.54, 1.807) is 12.1 Å². The molecule has 0 radical (unpaired) electrons. The molecule has 0 aliphatic carbocycles. The zero-order valence-electron chi connectivity index (χ0n) is 12.1. The number of likely N-dealkylation sites (N-methyl/N-ethyl adjacent to an activating group) is 1. The molecule has 0 unspecified atom stereocenters. The molecule has 1 amide bonds. The maximum Gasteiger partial charge on any atom is 0.257 e. The number of carbonyl (C=O) groups is 1. The van der Waals surface area contributed by atoms with Crippen molar-refractivity contribution in [2.24, 2.45) is 0 Å². The van der Waals surface area contributed by atoms with Gasteiger partial charge in [-0.05, 0) is 45.5 Å². The lowest BCUT2D eigenvalue weighted by Crippen LogP contribution is -2.58. The minimum atomic E-state index is -0.0846. The summed E-state index contributed by atoms with van der Waals surface area (Å²) in [5.41, 5.74) is 1.31. The number of carbonyl (C=O) groups excluding carboxylic acids is 1. The first kappa shape index (κ1) is 13.9. The van der Waals surface area contributed by atoms with E-state index in [4.69, 9.17) is 0 Å². The van der Waals surface area contributed by atoms with Gasteiger partial charge in [0.1, 0.15) is 5.75 Å². The quantitative estimate of drug-likeness (QED) is 0.840. The number of hydrogen-bond acceptors (Lipinski definition) is 3. The third-order valence-electron chi connectivity index (χ3n) is 3.99. The Balaban J connectivity index is 2.21. The molecule has 1 N–H and O–H groups in total. The number of phenolic OH excluding ortho intramolecular Hbond substituents is 1. The van der Waals surface area contributed by atoms with Crippen LogP contribution in [0.3, 0.4) is 0 Å². The van der Waals surface area contributed by atoms with E-state index in [2.05, 4.69) is 25.8 Å². The molecule has 0 bridgehead atoms. The highest BCUT2D eigenvalue weighted by Gasteiger charge is 2.34. The standard InChI is InChI=1S/C15H22N2O2/c1-11-5-6-12(13(18)9-11)14(19)17-8-7-16(4)15(2,3)10-17/h5-6,9,18H,7-8,10H2,1-4H3. The van der Waals surface area contributed by atoms with Crippen LogP contribution >= 0.6 is 0 Å². The Morgan fingerprint density at radius 2 is 2.00 bits per heavy atom. The van der Waals surface area contributed by atoms with Crippen LogP contribution in [0.5, 0.6) is 5.75 Å². The summed E-state index contributed by atoms with van der Waals surface area (Å²) in [6.45, 7) is 8.38. The maximum atomic E-state index is 12.5. The number of hydrogen-bond donors (Lipinski definition) is 1. The Morgan fingerprint density at radius 3 is 2.58 bits per heavy atom. The normalized spacial score (nSPS) is 19.5. The average Bonchev–Trinajstić information content (AvgIpc) is 2.32. The van der Waals surface area contributed by atoms with Gasteiger partial charge in [0, 0.05) is 25.2 Å². The number of amides is 1. The molecule has 0 saturated carbocycles. The summed E-state index contributed by atoms with van der Waals surface area (Å²) in [5.74, 6) is -0.0135. The second-order valence-corrected chi connectivity index (χ2v) is 5.98. The molecule has 4 heteroatoms. The lowest BCUT2D eigenvalue weighted by molar-refractivity contribution is 0.0309. The van der Waals surface area contributed by atoms with Crippen LogP contribution in [0.2, 0.25) is 0 Å². The fourth-order valence-electron chi connectivity index (χ4n) is 2.41.